The highest BCUT2D eigenvalue weighted by Gasteiger charge is 2.45. The quantitative estimate of drug-likeness (QED) is 0.261. The molecule has 6 rings (SSSR count). The van der Waals surface area contributed by atoms with Gasteiger partial charge >= 0.3 is 0 Å². The van der Waals surface area contributed by atoms with E-state index in [2.05, 4.69) is 48.0 Å². The third-order valence-corrected chi connectivity index (χ3v) is 8.21. The molecule has 4 heterocycles. The minimum absolute atomic E-state index is 0.284. The van der Waals surface area contributed by atoms with Gasteiger partial charge in [0, 0.05) is 41.8 Å². The molecule has 2 aromatic carbocycles. The minimum atomic E-state index is -1.14. The predicted molar refractivity (Wildman–Crippen MR) is 155 cm³/mol. The van der Waals surface area contributed by atoms with E-state index in [4.69, 9.17) is 37.4 Å². The van der Waals surface area contributed by atoms with Gasteiger partial charge in [-0.15, -0.1) is 0 Å². The molecule has 0 spiro atoms. The summed E-state index contributed by atoms with van der Waals surface area (Å²) in [4.78, 5) is 10.8. The smallest absolute Gasteiger partial charge is 0.217 e. The first-order valence-electron chi connectivity index (χ1n) is 12.9. The number of hydrogen-bond donors (Lipinski definition) is 0. The van der Waals surface area contributed by atoms with Crippen molar-refractivity contribution in [2.24, 2.45) is 0 Å². The zero-order chi connectivity index (χ0) is 27.5. The van der Waals surface area contributed by atoms with E-state index in [0.29, 0.717) is 28.8 Å². The Balaban J connectivity index is 1.06. The van der Waals surface area contributed by atoms with Gasteiger partial charge in [0.2, 0.25) is 5.79 Å². The lowest BCUT2D eigenvalue weighted by Crippen LogP contribution is -2.51. The molecule has 2 saturated heterocycles. The van der Waals surface area contributed by atoms with Crippen LogP contribution in [0, 0.1) is 0 Å². The molecule has 4 aromatic rings. The van der Waals surface area contributed by atoms with Crippen molar-refractivity contribution < 1.29 is 14.2 Å². The van der Waals surface area contributed by atoms with E-state index < -0.39 is 5.79 Å². The van der Waals surface area contributed by atoms with Crippen molar-refractivity contribution in [3.63, 3.8) is 0 Å². The van der Waals surface area contributed by atoms with Crippen LogP contribution >= 0.6 is 35.0 Å². The van der Waals surface area contributed by atoms with Crippen LogP contribution in [0.4, 0.5) is 5.69 Å². The maximum absolute atomic E-state index is 6.55. The van der Waals surface area contributed by atoms with Crippen LogP contribution in [0.1, 0.15) is 5.56 Å². The average molecular weight is 603 g/mol. The molecule has 0 amide bonds. The Morgan fingerprint density at radius 2 is 1.93 bits per heavy atom. The van der Waals surface area contributed by atoms with Crippen molar-refractivity contribution in [2.75, 3.05) is 55.6 Å². The van der Waals surface area contributed by atoms with Crippen molar-refractivity contribution in [3.8, 4) is 5.75 Å². The van der Waals surface area contributed by atoms with E-state index in [1.807, 2.05) is 30.6 Å². The molecule has 13 heteroatoms. The molecule has 0 radical (unpaired) electrons. The van der Waals surface area contributed by atoms with Gasteiger partial charge in [-0.3, -0.25) is 0 Å². The van der Waals surface area contributed by atoms with Gasteiger partial charge in [-0.05, 0) is 42.7 Å². The molecule has 0 bridgehead atoms. The summed E-state index contributed by atoms with van der Waals surface area (Å²) in [6, 6.07) is 13.5. The number of benzene rings is 2. The average Bonchev–Trinajstić information content (AvgIpc) is 3.74. The number of aromatic nitrogens is 5. The van der Waals surface area contributed by atoms with Gasteiger partial charge < -0.3 is 24.1 Å². The van der Waals surface area contributed by atoms with Gasteiger partial charge in [-0.1, -0.05) is 41.0 Å². The van der Waals surface area contributed by atoms with Crippen LogP contribution in [-0.4, -0.2) is 76.2 Å². The molecule has 210 valence electrons. The van der Waals surface area contributed by atoms with Crippen molar-refractivity contribution in [1.82, 2.24) is 24.4 Å². The van der Waals surface area contributed by atoms with E-state index in [1.54, 1.807) is 34.9 Å². The summed E-state index contributed by atoms with van der Waals surface area (Å²) in [5, 5.41) is 8.56. The molecule has 0 aliphatic carbocycles. The van der Waals surface area contributed by atoms with E-state index in [1.165, 1.54) is 12.0 Å². The van der Waals surface area contributed by atoms with Crippen LogP contribution in [0.15, 0.2) is 72.7 Å². The molecule has 2 aliphatic rings. The molecule has 2 fully saturated rings. The number of piperazine rings is 1. The summed E-state index contributed by atoms with van der Waals surface area (Å²) in [5.41, 5.74) is 1.85. The lowest BCUT2D eigenvalue weighted by atomic mass is 10.1. The van der Waals surface area contributed by atoms with Gasteiger partial charge in [-0.25, -0.2) is 19.3 Å². The monoisotopic (exact) mass is 601 g/mol. The number of halogens is 2. The van der Waals surface area contributed by atoms with E-state index in [0.717, 1.165) is 37.1 Å². The topological polar surface area (TPSA) is 82.7 Å². The largest absolute Gasteiger partial charge is 0.491 e. The van der Waals surface area contributed by atoms with Crippen LogP contribution in [0.3, 0.4) is 0 Å². The standard InChI is InChI=1S/C27H29Cl2N7O3S/c1-40-26-31-8-9-36(26)35-12-10-33(11-13-35)21-3-5-22(6-4-21)37-15-23-16-38-27(39-23,17-34-19-30-18-32-34)24-7-2-20(28)14-25(24)29/h2-9,14,18-19,23H,10-13,15-17H2,1H3/t23-,27-/m1/s1. The third-order valence-electron chi connectivity index (χ3n) is 7.01. The van der Waals surface area contributed by atoms with Gasteiger partial charge in [0.25, 0.3) is 0 Å². The van der Waals surface area contributed by atoms with Crippen LogP contribution in [0.25, 0.3) is 0 Å². The number of ether oxygens (including phenoxy) is 3. The zero-order valence-electron chi connectivity index (χ0n) is 21.9. The Kier molecular flexibility index (Phi) is 8.08. The second-order valence-electron chi connectivity index (χ2n) is 9.53. The minimum Gasteiger partial charge on any atom is -0.491 e. The first-order chi connectivity index (χ1) is 19.5. The summed E-state index contributed by atoms with van der Waals surface area (Å²) in [6.07, 6.45) is 8.70. The predicted octanol–water partition coefficient (Wildman–Crippen LogP) is 4.31. The van der Waals surface area contributed by atoms with Crippen LogP contribution in [0.5, 0.6) is 5.75 Å². The first-order valence-corrected chi connectivity index (χ1v) is 14.9. The molecule has 0 unspecified atom stereocenters. The van der Waals surface area contributed by atoms with Crippen LogP contribution in [-0.2, 0) is 21.8 Å². The molecule has 2 aliphatic heterocycles. The number of anilines is 1. The Morgan fingerprint density at radius 3 is 2.65 bits per heavy atom. The van der Waals surface area contributed by atoms with Gasteiger partial charge in [-0.2, -0.15) is 5.10 Å². The summed E-state index contributed by atoms with van der Waals surface area (Å²) in [7, 11) is 0. The number of imidazole rings is 1. The molecule has 2 atom stereocenters. The Labute approximate surface area is 246 Å². The van der Waals surface area contributed by atoms with Crippen molar-refractivity contribution in [1.29, 1.82) is 0 Å². The summed E-state index contributed by atoms with van der Waals surface area (Å²) >= 11 is 14.3. The van der Waals surface area contributed by atoms with Crippen LogP contribution < -0.4 is 14.6 Å². The number of hydrogen-bond acceptors (Lipinski definition) is 9. The van der Waals surface area contributed by atoms with E-state index in [-0.39, 0.29) is 12.6 Å². The number of thioether (sulfide) groups is 1. The maximum Gasteiger partial charge on any atom is 0.217 e. The molecular weight excluding hydrogens is 573 g/mol. The zero-order valence-corrected chi connectivity index (χ0v) is 24.2. The first kappa shape index (κ1) is 27.2. The molecule has 0 N–H and O–H groups in total. The van der Waals surface area contributed by atoms with Crippen molar-refractivity contribution >= 4 is 40.7 Å². The highest BCUT2D eigenvalue weighted by molar-refractivity contribution is 7.98. The number of nitrogens with zero attached hydrogens (tertiary/aromatic N) is 7. The second kappa shape index (κ2) is 11.9. The van der Waals surface area contributed by atoms with E-state index >= 15 is 0 Å². The molecule has 2 aromatic heterocycles. The van der Waals surface area contributed by atoms with Crippen molar-refractivity contribution in [2.45, 2.75) is 23.6 Å². The molecule has 0 saturated carbocycles. The molecular formula is C27H29Cl2N7O3S. The normalized spacial score (nSPS) is 21.2. The van der Waals surface area contributed by atoms with E-state index in [9.17, 15) is 0 Å². The fraction of sp³-hybridized carbons (Fsp3) is 0.370. The SMILES string of the molecule is CSc1nccn1N1CCN(c2ccc(OC[C@@H]3CO[C@@](Cn4cncn4)(c4ccc(Cl)cc4Cl)O3)cc2)CC1. The summed E-state index contributed by atoms with van der Waals surface area (Å²) in [6.45, 7) is 4.66. The summed E-state index contributed by atoms with van der Waals surface area (Å²) in [5.74, 6) is -0.366. The van der Waals surface area contributed by atoms with Gasteiger partial charge in [0.15, 0.2) is 5.16 Å². The summed E-state index contributed by atoms with van der Waals surface area (Å²) < 4.78 is 22.6. The molecule has 10 nitrogen and oxygen atoms in total. The number of rotatable bonds is 9. The van der Waals surface area contributed by atoms with Crippen LogP contribution in [0.2, 0.25) is 10.0 Å². The highest BCUT2D eigenvalue weighted by Crippen LogP contribution is 2.40. The Morgan fingerprint density at radius 1 is 1.10 bits per heavy atom. The lowest BCUT2D eigenvalue weighted by Gasteiger charge is -2.38. The maximum atomic E-state index is 6.55. The highest BCUT2D eigenvalue weighted by atomic mass is 35.5. The fourth-order valence-electron chi connectivity index (χ4n) is 5.04. The van der Waals surface area contributed by atoms with Gasteiger partial charge in [0.05, 0.1) is 24.7 Å². The molecule has 40 heavy (non-hydrogen) atoms. The fourth-order valence-corrected chi connectivity index (χ4v) is 6.12. The van der Waals surface area contributed by atoms with Crippen molar-refractivity contribution in [3.05, 3.63) is 83.1 Å². The Hall–Kier alpha value is -2.96. The third kappa shape index (κ3) is 5.75. The second-order valence-corrected chi connectivity index (χ2v) is 11.1. The lowest BCUT2D eigenvalue weighted by molar-refractivity contribution is -0.190. The Bertz CT molecular complexity index is 1410. The van der Waals surface area contributed by atoms with Gasteiger partial charge in [0.1, 0.15) is 37.7 Å².